The van der Waals surface area contributed by atoms with Gasteiger partial charge in [-0.2, -0.15) is 0 Å². The van der Waals surface area contributed by atoms with Gasteiger partial charge in [-0.1, -0.05) is 23.8 Å². The molecule has 0 saturated heterocycles. The Kier molecular flexibility index (Phi) is 6.36. The molecule has 0 atom stereocenters. The summed E-state index contributed by atoms with van der Waals surface area (Å²) in [6, 6.07) is 14.5. The number of hydrogen-bond donors (Lipinski definition) is 2. The third-order valence-electron chi connectivity index (χ3n) is 3.91. The van der Waals surface area contributed by atoms with Crippen LogP contribution in [0.2, 0.25) is 0 Å². The van der Waals surface area contributed by atoms with Crippen molar-refractivity contribution in [2.24, 2.45) is 0 Å². The van der Waals surface area contributed by atoms with E-state index < -0.39 is 14.9 Å². The number of hydrogen-bond acceptors (Lipinski definition) is 6. The molecule has 2 aromatic carbocycles. The van der Waals surface area contributed by atoms with Gasteiger partial charge >= 0.3 is 0 Å². The molecule has 29 heavy (non-hydrogen) atoms. The molecule has 2 N–H and O–H groups in total. The SMILES string of the molecule is Cc1ccc(S(=O)(=O)N/C=C(\Nc2ccc([N+](=O)[O-])cc2Br)c2cccs2)cc1. The Morgan fingerprint density at radius 2 is 1.90 bits per heavy atom. The predicted octanol–water partition coefficient (Wildman–Crippen LogP) is 5.12. The molecule has 1 heterocycles. The molecular weight excluding hydrogens is 478 g/mol. The Morgan fingerprint density at radius 3 is 2.48 bits per heavy atom. The minimum atomic E-state index is -3.75. The number of anilines is 1. The van der Waals surface area contributed by atoms with Crippen molar-refractivity contribution in [2.75, 3.05) is 5.32 Å². The van der Waals surface area contributed by atoms with Gasteiger partial charge in [0, 0.05) is 22.8 Å². The average Bonchev–Trinajstić information content (AvgIpc) is 3.21. The molecule has 1 aromatic heterocycles. The minimum absolute atomic E-state index is 0.0517. The van der Waals surface area contributed by atoms with Crippen LogP contribution in [0.1, 0.15) is 10.4 Å². The molecule has 0 unspecified atom stereocenters. The topological polar surface area (TPSA) is 101 Å². The fraction of sp³-hybridized carbons (Fsp3) is 0.0526. The van der Waals surface area contributed by atoms with E-state index in [1.165, 1.54) is 41.8 Å². The van der Waals surface area contributed by atoms with Gasteiger partial charge in [0.2, 0.25) is 0 Å². The number of aryl methyl sites for hydroxylation is 1. The van der Waals surface area contributed by atoms with Crippen LogP contribution in [0.5, 0.6) is 0 Å². The third-order valence-corrected chi connectivity index (χ3v) is 6.79. The number of non-ortho nitro benzene ring substituents is 1. The van der Waals surface area contributed by atoms with E-state index >= 15 is 0 Å². The van der Waals surface area contributed by atoms with E-state index in [4.69, 9.17) is 0 Å². The number of thiophene rings is 1. The zero-order valence-corrected chi connectivity index (χ0v) is 18.3. The number of nitrogens with one attached hydrogen (secondary N) is 2. The number of benzene rings is 2. The van der Waals surface area contributed by atoms with Crippen molar-refractivity contribution in [2.45, 2.75) is 11.8 Å². The number of nitro benzene ring substituents is 1. The summed E-state index contributed by atoms with van der Waals surface area (Å²) < 4.78 is 28.1. The summed E-state index contributed by atoms with van der Waals surface area (Å²) in [5.74, 6) is 0. The summed E-state index contributed by atoms with van der Waals surface area (Å²) in [7, 11) is -3.75. The summed E-state index contributed by atoms with van der Waals surface area (Å²) in [6.07, 6.45) is 1.37. The number of nitro groups is 1. The smallest absolute Gasteiger partial charge is 0.270 e. The van der Waals surface area contributed by atoms with E-state index in [1.807, 2.05) is 24.4 Å². The van der Waals surface area contributed by atoms with Crippen LogP contribution in [0, 0.1) is 17.0 Å². The van der Waals surface area contributed by atoms with Crippen LogP contribution >= 0.6 is 27.3 Å². The van der Waals surface area contributed by atoms with Gasteiger partial charge < -0.3 is 5.32 Å². The van der Waals surface area contributed by atoms with E-state index in [-0.39, 0.29) is 10.6 Å². The highest BCUT2D eigenvalue weighted by Gasteiger charge is 2.15. The Morgan fingerprint density at radius 1 is 1.17 bits per heavy atom. The van der Waals surface area contributed by atoms with Crippen molar-refractivity contribution >= 4 is 54.4 Å². The van der Waals surface area contributed by atoms with Crippen LogP contribution in [-0.4, -0.2) is 13.3 Å². The maximum Gasteiger partial charge on any atom is 0.270 e. The second-order valence-corrected chi connectivity index (χ2v) is 9.53. The zero-order valence-electron chi connectivity index (χ0n) is 15.1. The number of rotatable bonds is 7. The number of sulfonamides is 1. The molecule has 10 heteroatoms. The molecule has 0 aliphatic heterocycles. The van der Waals surface area contributed by atoms with Crippen LogP contribution in [0.4, 0.5) is 11.4 Å². The predicted molar refractivity (Wildman–Crippen MR) is 118 cm³/mol. The zero-order chi connectivity index (χ0) is 21.0. The normalized spacial score (nSPS) is 11.9. The molecular formula is C19H16BrN3O4S2. The van der Waals surface area contributed by atoms with E-state index in [0.29, 0.717) is 15.9 Å². The monoisotopic (exact) mass is 493 g/mol. The first kappa shape index (κ1) is 21.0. The minimum Gasteiger partial charge on any atom is -0.352 e. The van der Waals surface area contributed by atoms with Crippen molar-refractivity contribution in [3.8, 4) is 0 Å². The molecule has 0 amide bonds. The highest BCUT2D eigenvalue weighted by molar-refractivity contribution is 9.10. The highest BCUT2D eigenvalue weighted by Crippen LogP contribution is 2.31. The lowest BCUT2D eigenvalue weighted by molar-refractivity contribution is -0.384. The highest BCUT2D eigenvalue weighted by atomic mass is 79.9. The fourth-order valence-electron chi connectivity index (χ4n) is 2.39. The van der Waals surface area contributed by atoms with E-state index in [2.05, 4.69) is 26.0 Å². The van der Waals surface area contributed by atoms with Crippen molar-refractivity contribution in [3.05, 3.63) is 91.2 Å². The number of nitrogens with zero attached hydrogens (tertiary/aromatic N) is 1. The first-order valence-corrected chi connectivity index (χ1v) is 11.5. The Labute approximate surface area is 180 Å². The second kappa shape index (κ2) is 8.76. The Bertz CT molecular complexity index is 1160. The maximum absolute atomic E-state index is 12.6. The van der Waals surface area contributed by atoms with Gasteiger partial charge in [0.15, 0.2) is 0 Å². The molecule has 7 nitrogen and oxygen atoms in total. The van der Waals surface area contributed by atoms with E-state index in [1.54, 1.807) is 18.2 Å². The molecule has 0 saturated carbocycles. The van der Waals surface area contributed by atoms with Crippen LogP contribution in [0.25, 0.3) is 5.70 Å². The van der Waals surface area contributed by atoms with Gasteiger partial charge in [-0.15, -0.1) is 11.3 Å². The lowest BCUT2D eigenvalue weighted by Crippen LogP contribution is -2.19. The van der Waals surface area contributed by atoms with Crippen molar-refractivity contribution in [3.63, 3.8) is 0 Å². The lowest BCUT2D eigenvalue weighted by atomic mass is 10.2. The molecule has 0 aliphatic rings. The van der Waals surface area contributed by atoms with Crippen LogP contribution in [-0.2, 0) is 10.0 Å². The standard InChI is InChI=1S/C19H16BrN3O4S2/c1-13-4-7-15(8-5-13)29(26,27)21-12-18(19-3-2-10-28-19)22-17-9-6-14(23(24)25)11-16(17)20/h2-12,21-22H,1H3/b18-12-. The first-order valence-electron chi connectivity index (χ1n) is 8.30. The first-order chi connectivity index (χ1) is 13.8. The third kappa shape index (κ3) is 5.22. The molecule has 0 spiro atoms. The van der Waals surface area contributed by atoms with Gasteiger partial charge in [-0.05, 0) is 52.5 Å². The van der Waals surface area contributed by atoms with Gasteiger partial charge in [0.1, 0.15) is 0 Å². The van der Waals surface area contributed by atoms with Gasteiger partial charge in [0.05, 0.1) is 26.1 Å². The second-order valence-electron chi connectivity index (χ2n) is 6.02. The Hall–Kier alpha value is -2.69. The average molecular weight is 494 g/mol. The molecule has 0 bridgehead atoms. The summed E-state index contributed by atoms with van der Waals surface area (Å²) in [4.78, 5) is 11.4. The summed E-state index contributed by atoms with van der Waals surface area (Å²) in [5, 5.41) is 15.9. The van der Waals surface area contributed by atoms with Gasteiger partial charge in [-0.3, -0.25) is 14.8 Å². The molecule has 3 rings (SSSR count). The lowest BCUT2D eigenvalue weighted by Gasteiger charge is -2.12. The van der Waals surface area contributed by atoms with E-state index in [0.717, 1.165) is 10.4 Å². The summed E-state index contributed by atoms with van der Waals surface area (Å²) in [5.41, 5.74) is 1.97. The molecule has 150 valence electrons. The van der Waals surface area contributed by atoms with E-state index in [9.17, 15) is 18.5 Å². The largest absolute Gasteiger partial charge is 0.352 e. The quantitative estimate of drug-likeness (QED) is 0.351. The maximum atomic E-state index is 12.6. The van der Waals surface area contributed by atoms with Gasteiger partial charge in [-0.25, -0.2) is 8.42 Å². The number of halogens is 1. The molecule has 0 radical (unpaired) electrons. The van der Waals surface area contributed by atoms with Crippen LogP contribution in [0.3, 0.4) is 0 Å². The van der Waals surface area contributed by atoms with Crippen LogP contribution < -0.4 is 10.0 Å². The van der Waals surface area contributed by atoms with Gasteiger partial charge in [0.25, 0.3) is 15.7 Å². The summed E-state index contributed by atoms with van der Waals surface area (Å²) in [6.45, 7) is 1.88. The summed E-state index contributed by atoms with van der Waals surface area (Å²) >= 11 is 4.74. The van der Waals surface area contributed by atoms with Crippen molar-refractivity contribution in [1.82, 2.24) is 4.72 Å². The Balaban J connectivity index is 1.90. The van der Waals surface area contributed by atoms with Crippen molar-refractivity contribution in [1.29, 1.82) is 0 Å². The molecule has 3 aromatic rings. The van der Waals surface area contributed by atoms with Crippen molar-refractivity contribution < 1.29 is 13.3 Å². The molecule has 0 aliphatic carbocycles. The molecule has 0 fully saturated rings. The fourth-order valence-corrected chi connectivity index (χ4v) is 4.45. The van der Waals surface area contributed by atoms with Crippen LogP contribution in [0.15, 0.2) is 75.5 Å².